The minimum absolute atomic E-state index is 0.292. The summed E-state index contributed by atoms with van der Waals surface area (Å²) in [6.07, 6.45) is 0. The molecular formula is C15H10ClNO2S2. The van der Waals surface area contributed by atoms with Gasteiger partial charge in [-0.1, -0.05) is 23.8 Å². The predicted molar refractivity (Wildman–Crippen MR) is 88.8 cm³/mol. The van der Waals surface area contributed by atoms with Crippen molar-refractivity contribution < 1.29 is 9.15 Å². The van der Waals surface area contributed by atoms with Crippen LogP contribution in [0, 0.1) is 9.48 Å². The number of rotatable bonds is 2. The summed E-state index contributed by atoms with van der Waals surface area (Å²) in [5.74, 6) is 0.712. The van der Waals surface area contributed by atoms with E-state index in [1.54, 1.807) is 29.9 Å². The van der Waals surface area contributed by atoms with E-state index >= 15 is 0 Å². The number of aromatic nitrogens is 1. The van der Waals surface area contributed by atoms with Crippen LogP contribution in [0.15, 0.2) is 46.9 Å². The fourth-order valence-electron chi connectivity index (χ4n) is 2.05. The number of benzene rings is 2. The van der Waals surface area contributed by atoms with Gasteiger partial charge in [0.05, 0.1) is 18.2 Å². The molecule has 0 bridgehead atoms. The quantitative estimate of drug-likeness (QED) is 0.590. The zero-order valence-electron chi connectivity index (χ0n) is 11.0. The van der Waals surface area contributed by atoms with Crippen LogP contribution in [0.5, 0.6) is 5.75 Å². The summed E-state index contributed by atoms with van der Waals surface area (Å²) in [7, 11) is 1.61. The topological polar surface area (TPSA) is 27.3 Å². The Balaban J connectivity index is 2.35. The Morgan fingerprint density at radius 3 is 2.48 bits per heavy atom. The van der Waals surface area contributed by atoms with Crippen molar-refractivity contribution in [2.45, 2.75) is 0 Å². The van der Waals surface area contributed by atoms with Crippen LogP contribution >= 0.6 is 36.0 Å². The van der Waals surface area contributed by atoms with Crippen LogP contribution in [0.2, 0.25) is 5.02 Å². The third kappa shape index (κ3) is 2.60. The average molecular weight is 336 g/mol. The molecule has 0 aliphatic carbocycles. The zero-order chi connectivity index (χ0) is 15.0. The molecule has 3 nitrogen and oxygen atoms in total. The fraction of sp³-hybridized carbons (Fsp3) is 0.0667. The molecule has 1 aromatic heterocycles. The van der Waals surface area contributed by atoms with E-state index in [4.69, 9.17) is 45.2 Å². The van der Waals surface area contributed by atoms with Gasteiger partial charge in [0, 0.05) is 5.02 Å². The van der Waals surface area contributed by atoms with Gasteiger partial charge in [-0.25, -0.2) is 0 Å². The average Bonchev–Trinajstić information content (AvgIpc) is 2.49. The Kier molecular flexibility index (Phi) is 3.80. The maximum absolute atomic E-state index is 5.91. The number of fused-ring (bicyclic) bond motifs is 1. The summed E-state index contributed by atoms with van der Waals surface area (Å²) in [5, 5.41) is 1.42. The first-order valence-electron chi connectivity index (χ1n) is 6.10. The van der Waals surface area contributed by atoms with Gasteiger partial charge in [0.25, 0.3) is 4.84 Å². The number of ether oxygens (including phenoxy) is 1. The molecule has 0 unspecified atom stereocenters. The number of nitrogens with zero attached hydrogens (tertiary/aromatic N) is 1. The molecule has 21 heavy (non-hydrogen) atoms. The highest BCUT2D eigenvalue weighted by atomic mass is 35.5. The Labute approximate surface area is 136 Å². The van der Waals surface area contributed by atoms with Crippen molar-refractivity contribution >= 4 is 47.0 Å². The first-order valence-corrected chi connectivity index (χ1v) is 7.29. The number of halogens is 1. The monoisotopic (exact) mass is 335 g/mol. The van der Waals surface area contributed by atoms with Crippen molar-refractivity contribution in [3.8, 4) is 11.4 Å². The first kappa shape index (κ1) is 14.3. The molecular weight excluding hydrogens is 326 g/mol. The van der Waals surface area contributed by atoms with Gasteiger partial charge in [-0.3, -0.25) is 4.57 Å². The second kappa shape index (κ2) is 5.60. The lowest BCUT2D eigenvalue weighted by Crippen LogP contribution is -1.99. The summed E-state index contributed by atoms with van der Waals surface area (Å²) >= 11 is 16.8. The van der Waals surface area contributed by atoms with Crippen molar-refractivity contribution in [2.24, 2.45) is 0 Å². The first-order chi connectivity index (χ1) is 10.1. The van der Waals surface area contributed by atoms with Crippen LogP contribution in [0.25, 0.3) is 16.7 Å². The van der Waals surface area contributed by atoms with Crippen molar-refractivity contribution in [3.05, 3.63) is 57.0 Å². The van der Waals surface area contributed by atoms with Crippen molar-refractivity contribution in [2.75, 3.05) is 7.11 Å². The number of hydrogen-bond donors (Lipinski definition) is 0. The molecule has 3 aromatic rings. The molecule has 0 spiro atoms. The van der Waals surface area contributed by atoms with E-state index in [2.05, 4.69) is 0 Å². The fourth-order valence-corrected chi connectivity index (χ4v) is 2.87. The summed E-state index contributed by atoms with van der Waals surface area (Å²) in [6.45, 7) is 0. The molecule has 0 aliphatic heterocycles. The number of methoxy groups -OCH3 is 1. The Morgan fingerprint density at radius 1 is 1.10 bits per heavy atom. The Hall–Kier alpha value is -1.69. The minimum Gasteiger partial charge on any atom is -0.497 e. The molecule has 1 heterocycles. The maximum atomic E-state index is 5.91. The third-order valence-electron chi connectivity index (χ3n) is 3.08. The van der Waals surface area contributed by atoms with E-state index in [9.17, 15) is 0 Å². The standard InChI is InChI=1S/C15H10ClNO2S2/c1-18-11-6-7-13-12(8-11)14(20)17(15(21)19-13)10-4-2-9(16)3-5-10/h2-8H,1H3. The minimum atomic E-state index is 0.292. The third-order valence-corrected chi connectivity index (χ3v) is 4.01. The van der Waals surface area contributed by atoms with E-state index in [1.807, 2.05) is 24.3 Å². The Bertz CT molecular complexity index is 929. The molecule has 0 N–H and O–H groups in total. The van der Waals surface area contributed by atoms with Gasteiger partial charge >= 0.3 is 0 Å². The van der Waals surface area contributed by atoms with E-state index < -0.39 is 0 Å². The van der Waals surface area contributed by atoms with Gasteiger partial charge in [-0.05, 0) is 54.7 Å². The number of hydrogen-bond acceptors (Lipinski definition) is 4. The molecule has 106 valence electrons. The Morgan fingerprint density at radius 2 is 1.81 bits per heavy atom. The van der Waals surface area contributed by atoms with Gasteiger partial charge in [0.15, 0.2) is 0 Å². The molecule has 6 heteroatoms. The van der Waals surface area contributed by atoms with Crippen LogP contribution in [-0.4, -0.2) is 11.7 Å². The summed E-state index contributed by atoms with van der Waals surface area (Å²) in [6, 6.07) is 12.7. The highest BCUT2D eigenvalue weighted by Crippen LogP contribution is 2.25. The maximum Gasteiger partial charge on any atom is 0.274 e. The van der Waals surface area contributed by atoms with Crippen molar-refractivity contribution in [3.63, 3.8) is 0 Å². The lowest BCUT2D eigenvalue weighted by molar-refractivity contribution is 0.415. The molecule has 2 aromatic carbocycles. The van der Waals surface area contributed by atoms with Gasteiger partial charge < -0.3 is 9.15 Å². The molecule has 0 aliphatic rings. The summed E-state index contributed by atoms with van der Waals surface area (Å²) in [5.41, 5.74) is 1.44. The van der Waals surface area contributed by atoms with E-state index in [0.717, 1.165) is 11.1 Å². The van der Waals surface area contributed by atoms with Gasteiger partial charge in [-0.2, -0.15) is 0 Å². The van der Waals surface area contributed by atoms with Crippen LogP contribution in [-0.2, 0) is 0 Å². The second-order valence-electron chi connectivity index (χ2n) is 4.35. The van der Waals surface area contributed by atoms with Crippen LogP contribution in [0.4, 0.5) is 0 Å². The molecule has 3 rings (SSSR count). The highest BCUT2D eigenvalue weighted by molar-refractivity contribution is 7.72. The zero-order valence-corrected chi connectivity index (χ0v) is 13.4. The van der Waals surface area contributed by atoms with Crippen LogP contribution < -0.4 is 4.74 Å². The van der Waals surface area contributed by atoms with Crippen molar-refractivity contribution in [1.82, 2.24) is 4.57 Å². The van der Waals surface area contributed by atoms with E-state index in [-0.39, 0.29) is 0 Å². The SMILES string of the molecule is COc1ccc2oc(=S)n(-c3ccc(Cl)cc3)c(=S)c2c1. The summed E-state index contributed by atoms with van der Waals surface area (Å²) < 4.78 is 13.2. The molecule has 0 saturated carbocycles. The molecule has 0 amide bonds. The molecule has 0 fully saturated rings. The predicted octanol–water partition coefficient (Wildman–Crippen LogP) is 5.34. The van der Waals surface area contributed by atoms with E-state index in [1.165, 1.54) is 0 Å². The van der Waals surface area contributed by atoms with Crippen LogP contribution in [0.1, 0.15) is 0 Å². The highest BCUT2D eigenvalue weighted by Gasteiger charge is 2.08. The molecule has 0 atom stereocenters. The largest absolute Gasteiger partial charge is 0.497 e. The van der Waals surface area contributed by atoms with Gasteiger partial charge in [-0.15, -0.1) is 0 Å². The second-order valence-corrected chi connectivity index (χ2v) is 5.52. The van der Waals surface area contributed by atoms with E-state index in [0.29, 0.717) is 25.8 Å². The van der Waals surface area contributed by atoms with Gasteiger partial charge in [0.1, 0.15) is 16.0 Å². The van der Waals surface area contributed by atoms with Crippen molar-refractivity contribution in [1.29, 1.82) is 0 Å². The normalized spacial score (nSPS) is 10.8. The molecule has 0 radical (unpaired) electrons. The molecule has 0 saturated heterocycles. The van der Waals surface area contributed by atoms with Crippen LogP contribution in [0.3, 0.4) is 0 Å². The smallest absolute Gasteiger partial charge is 0.274 e. The summed E-state index contributed by atoms with van der Waals surface area (Å²) in [4.78, 5) is 0.292. The lowest BCUT2D eigenvalue weighted by atomic mass is 10.2. The lowest BCUT2D eigenvalue weighted by Gasteiger charge is -2.09. The van der Waals surface area contributed by atoms with Gasteiger partial charge in [0.2, 0.25) is 0 Å².